The number of hydrogen-bond acceptors (Lipinski definition) is 4. The number of hydrogen-bond donors (Lipinski definition) is 2. The molecule has 3 N–H and O–H groups in total. The van der Waals surface area contributed by atoms with E-state index in [4.69, 9.17) is 17.3 Å². The van der Waals surface area contributed by atoms with Gasteiger partial charge >= 0.3 is 0 Å². The van der Waals surface area contributed by atoms with E-state index in [2.05, 4.69) is 15.3 Å². The summed E-state index contributed by atoms with van der Waals surface area (Å²) in [5.74, 6) is 1.37. The van der Waals surface area contributed by atoms with Gasteiger partial charge in [-0.3, -0.25) is 0 Å². The lowest BCUT2D eigenvalue weighted by molar-refractivity contribution is 0.977. The molecule has 100 valence electrons. The van der Waals surface area contributed by atoms with Crippen molar-refractivity contribution in [1.29, 1.82) is 0 Å². The lowest BCUT2D eigenvalue weighted by Gasteiger charge is -2.11. The van der Waals surface area contributed by atoms with E-state index in [0.717, 1.165) is 35.8 Å². The molecule has 1 aromatic carbocycles. The fourth-order valence-electron chi connectivity index (χ4n) is 1.90. The zero-order chi connectivity index (χ0) is 13.7. The van der Waals surface area contributed by atoms with Crippen LogP contribution < -0.4 is 11.1 Å². The average molecular weight is 277 g/mol. The molecule has 4 nitrogen and oxygen atoms in total. The van der Waals surface area contributed by atoms with E-state index in [1.807, 2.05) is 31.2 Å². The molecular weight excluding hydrogens is 260 g/mol. The number of rotatable bonds is 5. The van der Waals surface area contributed by atoms with E-state index in [9.17, 15) is 0 Å². The van der Waals surface area contributed by atoms with E-state index in [-0.39, 0.29) is 0 Å². The second kappa shape index (κ2) is 6.38. The minimum atomic E-state index is 0.548. The Morgan fingerprint density at radius 2 is 1.95 bits per heavy atom. The highest BCUT2D eigenvalue weighted by Gasteiger charge is 2.06. The zero-order valence-corrected chi connectivity index (χ0v) is 11.6. The smallest absolute Gasteiger partial charge is 0.134 e. The molecule has 0 atom stereocenters. The average Bonchev–Trinajstić information content (AvgIpc) is 2.41. The van der Waals surface area contributed by atoms with Crippen LogP contribution in [0.2, 0.25) is 5.02 Å². The monoisotopic (exact) mass is 276 g/mol. The highest BCUT2D eigenvalue weighted by molar-refractivity contribution is 6.30. The summed E-state index contributed by atoms with van der Waals surface area (Å²) in [4.78, 5) is 8.23. The summed E-state index contributed by atoms with van der Waals surface area (Å²) in [5.41, 5.74) is 8.03. The second-order valence-electron chi connectivity index (χ2n) is 4.24. The maximum absolute atomic E-state index is 5.85. The highest BCUT2D eigenvalue weighted by atomic mass is 35.5. The van der Waals surface area contributed by atoms with E-state index in [1.165, 1.54) is 11.9 Å². The van der Waals surface area contributed by atoms with Crippen LogP contribution in [0.1, 0.15) is 18.1 Å². The number of halogens is 1. The minimum Gasteiger partial charge on any atom is -0.383 e. The van der Waals surface area contributed by atoms with Gasteiger partial charge in [0.2, 0.25) is 0 Å². The van der Waals surface area contributed by atoms with Crippen molar-refractivity contribution in [3.63, 3.8) is 0 Å². The van der Waals surface area contributed by atoms with Gasteiger partial charge in [-0.1, -0.05) is 30.7 Å². The summed E-state index contributed by atoms with van der Waals surface area (Å²) in [6.07, 6.45) is 3.21. The molecule has 0 aliphatic heterocycles. The fourth-order valence-corrected chi connectivity index (χ4v) is 2.03. The number of nitrogens with two attached hydrogens (primary N) is 1. The number of nitrogen functional groups attached to an aromatic ring is 1. The van der Waals surface area contributed by atoms with E-state index in [1.54, 1.807) is 0 Å². The van der Waals surface area contributed by atoms with E-state index < -0.39 is 0 Å². The molecule has 0 saturated carbocycles. The van der Waals surface area contributed by atoms with Gasteiger partial charge in [-0.25, -0.2) is 9.97 Å². The van der Waals surface area contributed by atoms with Crippen LogP contribution in [0.15, 0.2) is 30.6 Å². The van der Waals surface area contributed by atoms with Gasteiger partial charge < -0.3 is 11.1 Å². The van der Waals surface area contributed by atoms with Crippen LogP contribution in [-0.2, 0) is 12.8 Å². The van der Waals surface area contributed by atoms with E-state index in [0.29, 0.717) is 5.82 Å². The van der Waals surface area contributed by atoms with Crippen molar-refractivity contribution in [3.8, 4) is 0 Å². The first-order valence-electron chi connectivity index (χ1n) is 6.28. The van der Waals surface area contributed by atoms with Gasteiger partial charge in [-0.15, -0.1) is 0 Å². The van der Waals surface area contributed by atoms with Crippen molar-refractivity contribution in [1.82, 2.24) is 9.97 Å². The largest absolute Gasteiger partial charge is 0.383 e. The van der Waals surface area contributed by atoms with Crippen molar-refractivity contribution in [3.05, 3.63) is 46.7 Å². The Labute approximate surface area is 118 Å². The van der Waals surface area contributed by atoms with Gasteiger partial charge in [0, 0.05) is 17.1 Å². The normalized spacial score (nSPS) is 10.4. The molecule has 1 aromatic heterocycles. The topological polar surface area (TPSA) is 63.8 Å². The van der Waals surface area contributed by atoms with Crippen molar-refractivity contribution >= 4 is 23.2 Å². The molecule has 2 aromatic rings. The van der Waals surface area contributed by atoms with Crippen molar-refractivity contribution in [2.45, 2.75) is 19.8 Å². The SMILES string of the molecule is CCc1c(N)ncnc1NCCc1ccc(Cl)cc1. The predicted octanol–water partition coefficient (Wildman–Crippen LogP) is 2.93. The summed E-state index contributed by atoms with van der Waals surface area (Å²) in [6.45, 7) is 2.84. The molecule has 0 radical (unpaired) electrons. The predicted molar refractivity (Wildman–Crippen MR) is 79.5 cm³/mol. The van der Waals surface area contributed by atoms with Crippen molar-refractivity contribution in [2.24, 2.45) is 0 Å². The fraction of sp³-hybridized carbons (Fsp3) is 0.286. The minimum absolute atomic E-state index is 0.548. The molecule has 2 rings (SSSR count). The quantitative estimate of drug-likeness (QED) is 0.881. The Balaban J connectivity index is 1.96. The molecule has 5 heteroatoms. The number of anilines is 2. The Morgan fingerprint density at radius 1 is 1.21 bits per heavy atom. The molecule has 0 aliphatic rings. The van der Waals surface area contributed by atoms with Crippen LogP contribution in [0.3, 0.4) is 0 Å². The van der Waals surface area contributed by atoms with Crippen LogP contribution in [-0.4, -0.2) is 16.5 Å². The van der Waals surface area contributed by atoms with E-state index >= 15 is 0 Å². The Kier molecular flexibility index (Phi) is 4.58. The number of nitrogens with zero attached hydrogens (tertiary/aromatic N) is 2. The molecule has 1 heterocycles. The second-order valence-corrected chi connectivity index (χ2v) is 4.68. The van der Waals surface area contributed by atoms with Crippen LogP contribution in [0.5, 0.6) is 0 Å². The molecule has 0 unspecified atom stereocenters. The van der Waals surface area contributed by atoms with Gasteiger partial charge in [-0.2, -0.15) is 0 Å². The third kappa shape index (κ3) is 3.58. The third-order valence-electron chi connectivity index (χ3n) is 2.95. The Bertz CT molecular complexity index is 540. The van der Waals surface area contributed by atoms with Crippen LogP contribution in [0.25, 0.3) is 0 Å². The first-order valence-corrected chi connectivity index (χ1v) is 6.66. The van der Waals surface area contributed by atoms with Crippen LogP contribution >= 0.6 is 11.6 Å². The maximum atomic E-state index is 5.85. The molecular formula is C14H17ClN4. The number of aromatic nitrogens is 2. The van der Waals surface area contributed by atoms with Gasteiger partial charge in [0.05, 0.1) is 0 Å². The van der Waals surface area contributed by atoms with Gasteiger partial charge in [0.15, 0.2) is 0 Å². The molecule has 0 fully saturated rings. The van der Waals surface area contributed by atoms with Crippen LogP contribution in [0, 0.1) is 0 Å². The summed E-state index contributed by atoms with van der Waals surface area (Å²) in [7, 11) is 0. The third-order valence-corrected chi connectivity index (χ3v) is 3.20. The van der Waals surface area contributed by atoms with Crippen LogP contribution in [0.4, 0.5) is 11.6 Å². The zero-order valence-electron chi connectivity index (χ0n) is 10.9. The summed E-state index contributed by atoms with van der Waals surface area (Å²) in [5, 5.41) is 4.06. The summed E-state index contributed by atoms with van der Waals surface area (Å²) < 4.78 is 0. The lowest BCUT2D eigenvalue weighted by Crippen LogP contribution is -2.10. The molecule has 19 heavy (non-hydrogen) atoms. The van der Waals surface area contributed by atoms with Crippen molar-refractivity contribution < 1.29 is 0 Å². The molecule has 0 bridgehead atoms. The Hall–Kier alpha value is -1.81. The number of nitrogens with one attached hydrogen (secondary N) is 1. The summed E-state index contributed by atoms with van der Waals surface area (Å²) in [6, 6.07) is 7.85. The molecule has 0 spiro atoms. The molecule has 0 amide bonds. The maximum Gasteiger partial charge on any atom is 0.134 e. The highest BCUT2D eigenvalue weighted by Crippen LogP contribution is 2.17. The molecule has 0 aliphatic carbocycles. The first kappa shape index (κ1) is 13.6. The Morgan fingerprint density at radius 3 is 2.63 bits per heavy atom. The first-order chi connectivity index (χ1) is 9.20. The number of benzene rings is 1. The van der Waals surface area contributed by atoms with Gasteiger partial charge in [-0.05, 0) is 30.5 Å². The standard InChI is InChI=1S/C14H17ClN4/c1-2-12-13(16)18-9-19-14(12)17-8-7-10-3-5-11(15)6-4-10/h3-6,9H,2,7-8H2,1H3,(H3,16,17,18,19). The summed E-state index contributed by atoms with van der Waals surface area (Å²) >= 11 is 5.85. The van der Waals surface area contributed by atoms with Gasteiger partial charge in [0.1, 0.15) is 18.0 Å². The lowest BCUT2D eigenvalue weighted by atomic mass is 10.1. The van der Waals surface area contributed by atoms with Gasteiger partial charge in [0.25, 0.3) is 0 Å². The van der Waals surface area contributed by atoms with Crippen molar-refractivity contribution in [2.75, 3.05) is 17.6 Å². The molecule has 0 saturated heterocycles.